The van der Waals surface area contributed by atoms with Crippen molar-refractivity contribution in [2.75, 3.05) is 18.8 Å². The summed E-state index contributed by atoms with van der Waals surface area (Å²) in [6, 6.07) is 4.03. The van der Waals surface area contributed by atoms with Crippen molar-refractivity contribution in [2.24, 2.45) is 0 Å². The lowest BCUT2D eigenvalue weighted by molar-refractivity contribution is -0.128. The summed E-state index contributed by atoms with van der Waals surface area (Å²) in [5.41, 5.74) is 0.953. The van der Waals surface area contributed by atoms with E-state index in [0.717, 1.165) is 41.2 Å². The highest BCUT2D eigenvalue weighted by Gasteiger charge is 2.20. The summed E-state index contributed by atoms with van der Waals surface area (Å²) in [5.74, 6) is 0.482. The lowest BCUT2D eigenvalue weighted by Crippen LogP contribution is -2.33. The molecule has 28 heavy (non-hydrogen) atoms. The van der Waals surface area contributed by atoms with Gasteiger partial charge in [-0.1, -0.05) is 30.7 Å². The van der Waals surface area contributed by atoms with Crippen molar-refractivity contribution in [3.8, 4) is 10.4 Å². The molecule has 4 rings (SSSR count). The lowest BCUT2D eigenvalue weighted by Gasteiger charge is -2.20. The molecule has 1 saturated heterocycles. The molecule has 8 heteroatoms. The molecular formula is C20H23N3O2S3. The van der Waals surface area contributed by atoms with Gasteiger partial charge in [0.25, 0.3) is 5.56 Å². The number of aromatic nitrogens is 2. The quantitative estimate of drug-likeness (QED) is 0.432. The first kappa shape index (κ1) is 19.7. The van der Waals surface area contributed by atoms with Gasteiger partial charge in [0.2, 0.25) is 5.91 Å². The molecule has 0 spiro atoms. The van der Waals surface area contributed by atoms with Crippen LogP contribution < -0.4 is 5.56 Å². The number of carbonyl (C=O) groups is 1. The largest absolute Gasteiger partial charge is 0.342 e. The Balaban J connectivity index is 1.61. The Bertz CT molecular complexity index is 1020. The van der Waals surface area contributed by atoms with Crippen molar-refractivity contribution in [3.05, 3.63) is 33.2 Å². The predicted molar refractivity (Wildman–Crippen MR) is 119 cm³/mol. The average Bonchev–Trinajstić information content (AvgIpc) is 3.29. The van der Waals surface area contributed by atoms with Gasteiger partial charge in [-0.05, 0) is 31.2 Å². The van der Waals surface area contributed by atoms with Crippen molar-refractivity contribution in [1.82, 2.24) is 14.5 Å². The molecule has 1 amide bonds. The first-order valence-electron chi connectivity index (χ1n) is 9.65. The van der Waals surface area contributed by atoms with Crippen molar-refractivity contribution in [3.63, 3.8) is 0 Å². The zero-order valence-corrected chi connectivity index (χ0v) is 18.3. The van der Waals surface area contributed by atoms with E-state index in [1.165, 1.54) is 35.9 Å². The predicted octanol–water partition coefficient (Wildman–Crippen LogP) is 4.70. The molecule has 4 heterocycles. The van der Waals surface area contributed by atoms with Crippen LogP contribution >= 0.6 is 34.4 Å². The molecule has 5 nitrogen and oxygen atoms in total. The van der Waals surface area contributed by atoms with E-state index in [-0.39, 0.29) is 11.5 Å². The van der Waals surface area contributed by atoms with Gasteiger partial charge < -0.3 is 4.90 Å². The van der Waals surface area contributed by atoms with E-state index >= 15 is 0 Å². The van der Waals surface area contributed by atoms with E-state index in [1.807, 2.05) is 34.7 Å². The van der Waals surface area contributed by atoms with Crippen molar-refractivity contribution in [2.45, 2.75) is 44.3 Å². The second kappa shape index (κ2) is 8.80. The Morgan fingerprint density at radius 2 is 2.00 bits per heavy atom. The fourth-order valence-corrected chi connectivity index (χ4v) is 6.31. The average molecular weight is 434 g/mol. The molecule has 0 aliphatic carbocycles. The van der Waals surface area contributed by atoms with Gasteiger partial charge in [0, 0.05) is 35.5 Å². The summed E-state index contributed by atoms with van der Waals surface area (Å²) in [6.07, 6.45) is 4.58. The second-order valence-corrected chi connectivity index (χ2v) is 9.58. The maximum Gasteiger partial charge on any atom is 0.263 e. The van der Waals surface area contributed by atoms with Crippen LogP contribution in [0, 0.1) is 0 Å². The third kappa shape index (κ3) is 3.90. The minimum absolute atomic E-state index is 0.0122. The molecule has 1 fully saturated rings. The minimum Gasteiger partial charge on any atom is -0.342 e. The number of likely N-dealkylation sites (tertiary alicyclic amines) is 1. The van der Waals surface area contributed by atoms with Crippen LogP contribution in [-0.2, 0) is 11.3 Å². The van der Waals surface area contributed by atoms with Gasteiger partial charge in [-0.2, -0.15) is 0 Å². The Hall–Kier alpha value is -1.64. The van der Waals surface area contributed by atoms with Gasteiger partial charge >= 0.3 is 0 Å². The maximum absolute atomic E-state index is 13.2. The molecule has 0 aromatic carbocycles. The molecule has 1 aliphatic rings. The normalized spacial score (nSPS) is 15.1. The fraction of sp³-hybridized carbons (Fsp3) is 0.450. The minimum atomic E-state index is -0.0122. The van der Waals surface area contributed by atoms with E-state index in [4.69, 9.17) is 4.98 Å². The molecule has 0 radical (unpaired) electrons. The molecule has 0 saturated carbocycles. The standard InChI is InChI=1S/C20H23N3O2S3/c1-2-23-19(25)17-14(15-8-7-11-26-15)12-27-18(17)21-20(23)28-13-16(24)22-9-5-3-4-6-10-22/h7-8,11-12H,2-6,9-10,13H2,1H3. The van der Waals surface area contributed by atoms with Crippen LogP contribution in [0.5, 0.6) is 0 Å². The smallest absolute Gasteiger partial charge is 0.263 e. The van der Waals surface area contributed by atoms with Crippen molar-refractivity contribution >= 4 is 50.6 Å². The van der Waals surface area contributed by atoms with Gasteiger partial charge in [-0.15, -0.1) is 22.7 Å². The Morgan fingerprint density at radius 3 is 2.68 bits per heavy atom. The number of rotatable bonds is 5. The van der Waals surface area contributed by atoms with E-state index in [9.17, 15) is 9.59 Å². The SMILES string of the molecule is CCn1c(SCC(=O)N2CCCCCC2)nc2scc(-c3cccs3)c2c1=O. The van der Waals surface area contributed by atoms with Gasteiger partial charge in [0.05, 0.1) is 11.1 Å². The van der Waals surface area contributed by atoms with Crippen LogP contribution in [0.15, 0.2) is 32.8 Å². The number of nitrogens with zero attached hydrogens (tertiary/aromatic N) is 3. The third-order valence-corrected chi connectivity index (χ3v) is 7.78. The number of hydrogen-bond acceptors (Lipinski definition) is 6. The molecule has 0 bridgehead atoms. The van der Waals surface area contributed by atoms with Crippen LogP contribution in [0.4, 0.5) is 0 Å². The molecule has 0 unspecified atom stereocenters. The van der Waals surface area contributed by atoms with Crippen LogP contribution in [0.3, 0.4) is 0 Å². The Morgan fingerprint density at radius 1 is 1.21 bits per heavy atom. The van der Waals surface area contributed by atoms with Crippen molar-refractivity contribution in [1.29, 1.82) is 0 Å². The zero-order chi connectivity index (χ0) is 19.5. The van der Waals surface area contributed by atoms with Crippen molar-refractivity contribution < 1.29 is 4.79 Å². The van der Waals surface area contributed by atoms with Crippen LogP contribution in [0.2, 0.25) is 0 Å². The highest BCUT2D eigenvalue weighted by atomic mass is 32.2. The van der Waals surface area contributed by atoms with Gasteiger partial charge in [-0.3, -0.25) is 14.2 Å². The van der Waals surface area contributed by atoms with Gasteiger partial charge in [0.15, 0.2) is 5.16 Å². The van der Waals surface area contributed by atoms with E-state index in [1.54, 1.807) is 15.9 Å². The molecule has 0 atom stereocenters. The molecule has 1 aliphatic heterocycles. The maximum atomic E-state index is 13.2. The van der Waals surface area contributed by atoms with Crippen LogP contribution in [-0.4, -0.2) is 39.2 Å². The van der Waals surface area contributed by atoms with Gasteiger partial charge in [-0.25, -0.2) is 4.98 Å². The number of amides is 1. The monoisotopic (exact) mass is 433 g/mol. The Kier molecular flexibility index (Phi) is 6.18. The number of carbonyl (C=O) groups excluding carboxylic acids is 1. The van der Waals surface area contributed by atoms with Crippen LogP contribution in [0.1, 0.15) is 32.6 Å². The van der Waals surface area contributed by atoms with E-state index in [0.29, 0.717) is 22.8 Å². The molecular weight excluding hydrogens is 410 g/mol. The highest BCUT2D eigenvalue weighted by molar-refractivity contribution is 7.99. The summed E-state index contributed by atoms with van der Waals surface area (Å²) < 4.78 is 1.70. The first-order chi connectivity index (χ1) is 13.7. The summed E-state index contributed by atoms with van der Waals surface area (Å²) in [6.45, 7) is 4.19. The van der Waals surface area contributed by atoms with Gasteiger partial charge in [0.1, 0.15) is 4.83 Å². The molecule has 148 valence electrons. The Labute approximate surface area is 176 Å². The second-order valence-electron chi connectivity index (χ2n) is 6.83. The summed E-state index contributed by atoms with van der Waals surface area (Å²) in [4.78, 5) is 34.4. The topological polar surface area (TPSA) is 55.2 Å². The number of hydrogen-bond donors (Lipinski definition) is 0. The molecule has 0 N–H and O–H groups in total. The third-order valence-electron chi connectivity index (χ3n) is 5.05. The number of thiophene rings is 2. The lowest BCUT2D eigenvalue weighted by atomic mass is 10.2. The summed E-state index contributed by atoms with van der Waals surface area (Å²) >= 11 is 4.51. The van der Waals surface area contributed by atoms with E-state index in [2.05, 4.69) is 0 Å². The fourth-order valence-electron chi connectivity index (χ4n) is 3.55. The molecule has 3 aromatic heterocycles. The van der Waals surface area contributed by atoms with Crippen LogP contribution in [0.25, 0.3) is 20.7 Å². The first-order valence-corrected chi connectivity index (χ1v) is 12.4. The molecule has 3 aromatic rings. The van der Waals surface area contributed by atoms with E-state index < -0.39 is 0 Å². The summed E-state index contributed by atoms with van der Waals surface area (Å²) in [5, 5.41) is 5.37. The number of fused-ring (bicyclic) bond motifs is 1. The summed E-state index contributed by atoms with van der Waals surface area (Å²) in [7, 11) is 0. The highest BCUT2D eigenvalue weighted by Crippen LogP contribution is 2.34. The zero-order valence-electron chi connectivity index (χ0n) is 15.8. The number of thioether (sulfide) groups is 1.